The van der Waals surface area contributed by atoms with Gasteiger partial charge in [0.1, 0.15) is 11.1 Å². The van der Waals surface area contributed by atoms with Crippen molar-refractivity contribution in [3.05, 3.63) is 16.0 Å². The third-order valence-electron chi connectivity index (χ3n) is 3.49. The number of anilines is 1. The number of carbonyl (C=O) groups is 2. The topological polar surface area (TPSA) is 90.2 Å². The Labute approximate surface area is 121 Å². The maximum atomic E-state index is 11.7. The molecule has 0 aromatic carbocycles. The lowest BCUT2D eigenvalue weighted by atomic mass is 9.87. The summed E-state index contributed by atoms with van der Waals surface area (Å²) in [6, 6.07) is 2.18. The van der Waals surface area contributed by atoms with Crippen LogP contribution in [0.1, 0.15) is 54.5 Å². The number of carboxylic acid groups (broad SMARTS) is 1. The molecule has 0 spiro atoms. The van der Waals surface area contributed by atoms with E-state index in [9.17, 15) is 14.9 Å². The second-order valence-electron chi connectivity index (χ2n) is 4.99. The van der Waals surface area contributed by atoms with Gasteiger partial charge in [0.05, 0.1) is 12.0 Å². The first-order valence-electron chi connectivity index (χ1n) is 6.60. The maximum absolute atomic E-state index is 11.7. The first-order valence-corrected chi connectivity index (χ1v) is 7.42. The summed E-state index contributed by atoms with van der Waals surface area (Å²) in [5.74, 6) is -1.01. The van der Waals surface area contributed by atoms with E-state index >= 15 is 0 Å². The van der Waals surface area contributed by atoms with Crippen LogP contribution in [0.3, 0.4) is 0 Å². The first-order chi connectivity index (χ1) is 9.52. The maximum Gasteiger partial charge on any atom is 0.303 e. The van der Waals surface area contributed by atoms with E-state index < -0.39 is 5.97 Å². The van der Waals surface area contributed by atoms with Crippen LogP contribution in [0.15, 0.2) is 0 Å². The Morgan fingerprint density at radius 2 is 2.25 bits per heavy atom. The summed E-state index contributed by atoms with van der Waals surface area (Å²) in [7, 11) is 0. The quantitative estimate of drug-likeness (QED) is 0.892. The number of carbonyl (C=O) groups excluding carboxylic acids is 1. The number of nitrogens with zero attached hydrogens (tertiary/aromatic N) is 1. The molecule has 106 valence electrons. The highest BCUT2D eigenvalue weighted by molar-refractivity contribution is 7.16. The normalized spacial score (nSPS) is 17.1. The van der Waals surface area contributed by atoms with E-state index in [0.29, 0.717) is 16.5 Å². The SMILES string of the molecule is CC1CCCc2sc(NC(=O)CCC(=O)O)c(C#N)c21. The Hall–Kier alpha value is -1.87. The van der Waals surface area contributed by atoms with Crippen molar-refractivity contribution >= 4 is 28.2 Å². The average Bonchev–Trinajstić information content (AvgIpc) is 2.75. The molecule has 0 bridgehead atoms. The van der Waals surface area contributed by atoms with Crippen molar-refractivity contribution in [3.63, 3.8) is 0 Å². The zero-order valence-electron chi connectivity index (χ0n) is 11.2. The first kappa shape index (κ1) is 14.5. The lowest BCUT2D eigenvalue weighted by Crippen LogP contribution is -2.13. The van der Waals surface area contributed by atoms with Crippen LogP contribution in [0.25, 0.3) is 0 Å². The molecular weight excluding hydrogens is 276 g/mol. The lowest BCUT2D eigenvalue weighted by Gasteiger charge is -2.18. The highest BCUT2D eigenvalue weighted by atomic mass is 32.1. The molecule has 1 aromatic rings. The largest absolute Gasteiger partial charge is 0.481 e. The molecular formula is C14H16N2O3S. The number of hydrogen-bond donors (Lipinski definition) is 2. The molecule has 0 radical (unpaired) electrons. The van der Waals surface area contributed by atoms with E-state index in [1.807, 2.05) is 0 Å². The van der Waals surface area contributed by atoms with Gasteiger partial charge in [-0.3, -0.25) is 9.59 Å². The van der Waals surface area contributed by atoms with Crippen molar-refractivity contribution in [1.82, 2.24) is 0 Å². The lowest BCUT2D eigenvalue weighted by molar-refractivity contribution is -0.138. The van der Waals surface area contributed by atoms with Crippen molar-refractivity contribution in [3.8, 4) is 6.07 Å². The highest BCUT2D eigenvalue weighted by Crippen LogP contribution is 2.42. The van der Waals surface area contributed by atoms with Crippen LogP contribution in [0.2, 0.25) is 0 Å². The molecule has 0 fully saturated rings. The van der Waals surface area contributed by atoms with E-state index in [1.165, 1.54) is 16.2 Å². The molecule has 1 aromatic heterocycles. The third kappa shape index (κ3) is 2.99. The van der Waals surface area contributed by atoms with Crippen molar-refractivity contribution in [2.45, 2.75) is 44.9 Å². The zero-order valence-corrected chi connectivity index (χ0v) is 12.0. The Bertz CT molecular complexity index is 586. The molecule has 20 heavy (non-hydrogen) atoms. The van der Waals surface area contributed by atoms with Gasteiger partial charge in [-0.15, -0.1) is 11.3 Å². The number of carboxylic acids is 1. The van der Waals surface area contributed by atoms with Gasteiger partial charge in [0.15, 0.2) is 0 Å². The number of nitrogens with one attached hydrogen (secondary N) is 1. The minimum absolute atomic E-state index is 0.0711. The van der Waals surface area contributed by atoms with Gasteiger partial charge in [-0.25, -0.2) is 0 Å². The molecule has 1 amide bonds. The van der Waals surface area contributed by atoms with Gasteiger partial charge in [-0.1, -0.05) is 6.92 Å². The van der Waals surface area contributed by atoms with Crippen LogP contribution in [0.4, 0.5) is 5.00 Å². The number of thiophene rings is 1. The van der Waals surface area contributed by atoms with Crippen molar-refractivity contribution in [2.75, 3.05) is 5.32 Å². The fourth-order valence-electron chi connectivity index (χ4n) is 2.52. The summed E-state index contributed by atoms with van der Waals surface area (Å²) < 4.78 is 0. The van der Waals surface area contributed by atoms with Crippen LogP contribution < -0.4 is 5.32 Å². The molecule has 1 aliphatic rings. The van der Waals surface area contributed by atoms with Crippen molar-refractivity contribution in [1.29, 1.82) is 5.26 Å². The van der Waals surface area contributed by atoms with Crippen LogP contribution in [0, 0.1) is 11.3 Å². The molecule has 0 saturated heterocycles. The van der Waals surface area contributed by atoms with Gasteiger partial charge in [-0.05, 0) is 30.7 Å². The number of hydrogen-bond acceptors (Lipinski definition) is 4. The van der Waals surface area contributed by atoms with Crippen LogP contribution in [-0.2, 0) is 16.0 Å². The Morgan fingerprint density at radius 1 is 1.50 bits per heavy atom. The van der Waals surface area contributed by atoms with Crippen LogP contribution in [-0.4, -0.2) is 17.0 Å². The minimum atomic E-state index is -1.00. The number of nitriles is 1. The summed E-state index contributed by atoms with van der Waals surface area (Å²) in [5, 5.41) is 21.1. The number of aryl methyl sites for hydroxylation is 1. The van der Waals surface area contributed by atoms with Gasteiger partial charge in [0.25, 0.3) is 0 Å². The van der Waals surface area contributed by atoms with Gasteiger partial charge >= 0.3 is 5.97 Å². The standard InChI is InChI=1S/C14H16N2O3S/c1-8-3-2-4-10-13(8)9(7-15)14(20-10)16-11(17)5-6-12(18)19/h8H,2-6H2,1H3,(H,16,17)(H,18,19). The Kier molecular flexibility index (Phi) is 4.40. The van der Waals surface area contributed by atoms with Crippen molar-refractivity contribution in [2.24, 2.45) is 0 Å². The number of rotatable bonds is 4. The minimum Gasteiger partial charge on any atom is -0.481 e. The van der Waals surface area contributed by atoms with E-state index in [2.05, 4.69) is 18.3 Å². The molecule has 1 atom stereocenters. The van der Waals surface area contributed by atoms with Crippen LogP contribution in [0.5, 0.6) is 0 Å². The van der Waals surface area contributed by atoms with E-state index in [4.69, 9.17) is 5.11 Å². The van der Waals surface area contributed by atoms with Gasteiger partial charge in [0.2, 0.25) is 5.91 Å². The van der Waals surface area contributed by atoms with Gasteiger partial charge < -0.3 is 10.4 Å². The second-order valence-corrected chi connectivity index (χ2v) is 6.10. The highest BCUT2D eigenvalue weighted by Gasteiger charge is 2.26. The zero-order chi connectivity index (χ0) is 14.7. The summed E-state index contributed by atoms with van der Waals surface area (Å²) in [5.41, 5.74) is 1.62. The molecule has 0 aliphatic heterocycles. The molecule has 1 unspecified atom stereocenters. The number of amides is 1. The van der Waals surface area contributed by atoms with E-state index in [-0.39, 0.29) is 18.7 Å². The number of fused-ring (bicyclic) bond motifs is 1. The van der Waals surface area contributed by atoms with E-state index in [1.54, 1.807) is 0 Å². The third-order valence-corrected chi connectivity index (χ3v) is 4.67. The predicted octanol–water partition coefficient (Wildman–Crippen LogP) is 2.86. The Balaban J connectivity index is 2.19. The second kappa shape index (κ2) is 6.06. The molecule has 5 nitrogen and oxygen atoms in total. The fraction of sp³-hybridized carbons (Fsp3) is 0.500. The summed E-state index contributed by atoms with van der Waals surface area (Å²) in [4.78, 5) is 23.3. The summed E-state index contributed by atoms with van der Waals surface area (Å²) in [6.07, 6.45) is 2.84. The fourth-order valence-corrected chi connectivity index (χ4v) is 3.85. The summed E-state index contributed by atoms with van der Waals surface area (Å²) >= 11 is 1.45. The van der Waals surface area contributed by atoms with Gasteiger partial charge in [-0.2, -0.15) is 5.26 Å². The van der Waals surface area contributed by atoms with Crippen molar-refractivity contribution < 1.29 is 14.7 Å². The number of aliphatic carboxylic acids is 1. The molecule has 2 N–H and O–H groups in total. The van der Waals surface area contributed by atoms with Gasteiger partial charge in [0, 0.05) is 11.3 Å². The molecule has 2 rings (SSSR count). The average molecular weight is 292 g/mol. The molecule has 1 heterocycles. The smallest absolute Gasteiger partial charge is 0.303 e. The van der Waals surface area contributed by atoms with Crippen LogP contribution >= 0.6 is 11.3 Å². The molecule has 1 aliphatic carbocycles. The monoisotopic (exact) mass is 292 g/mol. The van der Waals surface area contributed by atoms with E-state index in [0.717, 1.165) is 24.8 Å². The molecule has 0 saturated carbocycles. The molecule has 6 heteroatoms. The predicted molar refractivity (Wildman–Crippen MR) is 75.9 cm³/mol. The Morgan fingerprint density at radius 3 is 2.90 bits per heavy atom. The summed E-state index contributed by atoms with van der Waals surface area (Å²) in [6.45, 7) is 2.10.